The Hall–Kier alpha value is -0.870. The number of nitrogens with zero attached hydrogens (tertiary/aromatic N) is 3. The van der Waals surface area contributed by atoms with Crippen molar-refractivity contribution in [2.24, 2.45) is 7.05 Å². The molecule has 1 aromatic rings. The van der Waals surface area contributed by atoms with E-state index in [0.29, 0.717) is 12.1 Å². The van der Waals surface area contributed by atoms with Gasteiger partial charge in [-0.25, -0.2) is 0 Å². The molecule has 0 radical (unpaired) electrons. The van der Waals surface area contributed by atoms with Crippen molar-refractivity contribution in [3.05, 3.63) is 17.5 Å². The maximum absolute atomic E-state index is 4.52. The van der Waals surface area contributed by atoms with Crippen LogP contribution in [0.25, 0.3) is 0 Å². The fourth-order valence-electron chi connectivity index (χ4n) is 2.56. The lowest BCUT2D eigenvalue weighted by Gasteiger charge is -2.39. The van der Waals surface area contributed by atoms with Crippen molar-refractivity contribution in [3.63, 3.8) is 0 Å². The Kier molecular flexibility index (Phi) is 3.84. The highest BCUT2D eigenvalue weighted by Gasteiger charge is 2.25. The van der Waals surface area contributed by atoms with Crippen LogP contribution in [0.3, 0.4) is 0 Å². The summed E-state index contributed by atoms with van der Waals surface area (Å²) in [5, 5.41) is 7.99. The lowest BCUT2D eigenvalue weighted by Crippen LogP contribution is -2.54. The van der Waals surface area contributed by atoms with Gasteiger partial charge in [0, 0.05) is 38.8 Å². The molecule has 2 rings (SSSR count). The summed E-state index contributed by atoms with van der Waals surface area (Å²) in [6, 6.07) is 3.43. The first-order valence-electron chi connectivity index (χ1n) is 6.60. The van der Waals surface area contributed by atoms with E-state index in [9.17, 15) is 0 Å². The first kappa shape index (κ1) is 12.6. The predicted molar refractivity (Wildman–Crippen MR) is 69.9 cm³/mol. The van der Waals surface area contributed by atoms with E-state index in [0.717, 1.165) is 26.1 Å². The van der Waals surface area contributed by atoms with E-state index in [4.69, 9.17) is 0 Å². The Bertz CT molecular complexity index is 361. The number of hydrogen-bond acceptors (Lipinski definition) is 3. The topological polar surface area (TPSA) is 33.1 Å². The van der Waals surface area contributed by atoms with Crippen LogP contribution in [0.5, 0.6) is 0 Å². The fourth-order valence-corrected chi connectivity index (χ4v) is 2.56. The minimum absolute atomic E-state index is 0.596. The number of hydrogen-bond donors (Lipinski definition) is 1. The third kappa shape index (κ3) is 2.69. The van der Waals surface area contributed by atoms with Gasteiger partial charge < -0.3 is 5.32 Å². The second kappa shape index (κ2) is 5.19. The number of aryl methyl sites for hydroxylation is 2. The lowest BCUT2D eigenvalue weighted by molar-refractivity contribution is 0.106. The highest BCUT2D eigenvalue weighted by molar-refractivity contribution is 5.10. The fraction of sp³-hybridized carbons (Fsp3) is 0.769. The molecule has 1 aliphatic heterocycles. The number of aromatic nitrogens is 2. The van der Waals surface area contributed by atoms with Crippen molar-refractivity contribution in [2.75, 3.05) is 13.1 Å². The van der Waals surface area contributed by atoms with Crippen molar-refractivity contribution in [3.8, 4) is 0 Å². The lowest BCUT2D eigenvalue weighted by atomic mass is 10.1. The van der Waals surface area contributed by atoms with E-state index in [1.54, 1.807) is 0 Å². The van der Waals surface area contributed by atoms with Gasteiger partial charge in [-0.3, -0.25) is 9.58 Å². The molecule has 1 saturated heterocycles. The monoisotopic (exact) mass is 236 g/mol. The van der Waals surface area contributed by atoms with Crippen LogP contribution in [0, 0.1) is 0 Å². The van der Waals surface area contributed by atoms with Gasteiger partial charge >= 0.3 is 0 Å². The molecule has 0 aromatic carbocycles. The van der Waals surface area contributed by atoms with Crippen molar-refractivity contribution in [1.29, 1.82) is 0 Å². The second-order valence-corrected chi connectivity index (χ2v) is 5.13. The first-order valence-corrected chi connectivity index (χ1v) is 6.60. The van der Waals surface area contributed by atoms with E-state index in [-0.39, 0.29) is 0 Å². The van der Waals surface area contributed by atoms with Crippen LogP contribution in [0.1, 0.15) is 32.2 Å². The van der Waals surface area contributed by atoms with Gasteiger partial charge in [0.2, 0.25) is 0 Å². The quantitative estimate of drug-likeness (QED) is 0.855. The van der Waals surface area contributed by atoms with Crippen LogP contribution in [0.15, 0.2) is 6.07 Å². The van der Waals surface area contributed by atoms with Gasteiger partial charge in [0.15, 0.2) is 0 Å². The van der Waals surface area contributed by atoms with Gasteiger partial charge in [-0.05, 0) is 26.3 Å². The molecule has 2 unspecified atom stereocenters. The van der Waals surface area contributed by atoms with E-state index >= 15 is 0 Å². The third-order valence-electron chi connectivity index (χ3n) is 3.75. The molecule has 0 amide bonds. The SMILES string of the molecule is CCc1cc(CN2C(C)CNCC2C)n(C)n1. The number of rotatable bonds is 3. The van der Waals surface area contributed by atoms with Gasteiger partial charge in [0.05, 0.1) is 11.4 Å². The average Bonchev–Trinajstić information content (AvgIpc) is 2.65. The summed E-state index contributed by atoms with van der Waals surface area (Å²) < 4.78 is 2.03. The van der Waals surface area contributed by atoms with Crippen LogP contribution in [0.4, 0.5) is 0 Å². The third-order valence-corrected chi connectivity index (χ3v) is 3.75. The average molecular weight is 236 g/mol. The van der Waals surface area contributed by atoms with Crippen molar-refractivity contribution >= 4 is 0 Å². The van der Waals surface area contributed by atoms with Gasteiger partial charge in [0.25, 0.3) is 0 Å². The molecule has 96 valence electrons. The Labute approximate surface area is 104 Å². The van der Waals surface area contributed by atoms with Gasteiger partial charge in [-0.2, -0.15) is 5.10 Å². The molecule has 1 N–H and O–H groups in total. The largest absolute Gasteiger partial charge is 0.314 e. The van der Waals surface area contributed by atoms with Crippen molar-refractivity contribution < 1.29 is 0 Å². The summed E-state index contributed by atoms with van der Waals surface area (Å²) in [7, 11) is 2.05. The molecular formula is C13H24N4. The molecule has 4 heteroatoms. The first-order chi connectivity index (χ1) is 8.11. The summed E-state index contributed by atoms with van der Waals surface area (Å²) in [4.78, 5) is 2.56. The van der Waals surface area contributed by atoms with Crippen molar-refractivity contribution in [2.45, 2.75) is 45.8 Å². The summed E-state index contributed by atoms with van der Waals surface area (Å²) in [5.41, 5.74) is 2.51. The molecule has 1 aliphatic rings. The molecule has 0 saturated carbocycles. The van der Waals surface area contributed by atoms with Crippen molar-refractivity contribution in [1.82, 2.24) is 20.0 Å². The standard InChI is InChI=1S/C13H24N4/c1-5-12-6-13(16(4)15-12)9-17-10(2)7-14-8-11(17)3/h6,10-11,14H,5,7-9H2,1-4H3. The van der Waals surface area contributed by atoms with E-state index in [2.05, 4.69) is 42.2 Å². The highest BCUT2D eigenvalue weighted by atomic mass is 15.3. The minimum atomic E-state index is 0.596. The Morgan fingerprint density at radius 2 is 2.00 bits per heavy atom. The summed E-state index contributed by atoms with van der Waals surface area (Å²) in [6.07, 6.45) is 1.01. The molecule has 0 spiro atoms. The van der Waals surface area contributed by atoms with Gasteiger partial charge in [-0.1, -0.05) is 6.92 Å². The maximum Gasteiger partial charge on any atom is 0.0625 e. The van der Waals surface area contributed by atoms with Crippen LogP contribution in [0.2, 0.25) is 0 Å². The van der Waals surface area contributed by atoms with E-state index < -0.39 is 0 Å². The summed E-state index contributed by atoms with van der Waals surface area (Å²) in [5.74, 6) is 0. The molecule has 17 heavy (non-hydrogen) atoms. The van der Waals surface area contributed by atoms with Crippen LogP contribution in [-0.2, 0) is 20.0 Å². The van der Waals surface area contributed by atoms with Crippen LogP contribution in [-0.4, -0.2) is 39.9 Å². The maximum atomic E-state index is 4.52. The normalized spacial score (nSPS) is 26.4. The summed E-state index contributed by atoms with van der Waals surface area (Å²) in [6.45, 7) is 9.92. The zero-order valence-corrected chi connectivity index (χ0v) is 11.4. The molecule has 4 nitrogen and oxygen atoms in total. The second-order valence-electron chi connectivity index (χ2n) is 5.13. The van der Waals surface area contributed by atoms with Gasteiger partial charge in [-0.15, -0.1) is 0 Å². The Morgan fingerprint density at radius 1 is 1.35 bits per heavy atom. The van der Waals surface area contributed by atoms with Gasteiger partial charge in [0.1, 0.15) is 0 Å². The highest BCUT2D eigenvalue weighted by Crippen LogP contribution is 2.15. The summed E-state index contributed by atoms with van der Waals surface area (Å²) >= 11 is 0. The zero-order chi connectivity index (χ0) is 12.4. The molecule has 1 aromatic heterocycles. The smallest absolute Gasteiger partial charge is 0.0625 e. The molecule has 0 aliphatic carbocycles. The number of piperazine rings is 1. The Morgan fingerprint density at radius 3 is 2.53 bits per heavy atom. The van der Waals surface area contributed by atoms with E-state index in [1.807, 2.05) is 11.7 Å². The predicted octanol–water partition coefficient (Wildman–Crippen LogP) is 1.16. The molecule has 2 atom stereocenters. The van der Waals surface area contributed by atoms with Crippen LogP contribution >= 0.6 is 0 Å². The Balaban J connectivity index is 2.10. The molecule has 1 fully saturated rings. The number of nitrogens with one attached hydrogen (secondary N) is 1. The zero-order valence-electron chi connectivity index (χ0n) is 11.4. The molecule has 0 bridgehead atoms. The molecular weight excluding hydrogens is 212 g/mol. The molecule has 2 heterocycles. The van der Waals surface area contributed by atoms with E-state index in [1.165, 1.54) is 11.4 Å². The minimum Gasteiger partial charge on any atom is -0.314 e. The van der Waals surface area contributed by atoms with Crippen LogP contribution < -0.4 is 5.32 Å².